The predicted molar refractivity (Wildman–Crippen MR) is 101 cm³/mol. The first-order valence-corrected chi connectivity index (χ1v) is 10.3. The summed E-state index contributed by atoms with van der Waals surface area (Å²) in [5.41, 5.74) is 2.44. The molecular weight excluding hydrogens is 358 g/mol. The Balaban J connectivity index is 1.51. The van der Waals surface area contributed by atoms with E-state index >= 15 is 0 Å². The molecule has 1 aromatic rings. The molecular formula is C22H27NO5. The van der Waals surface area contributed by atoms with Crippen LogP contribution in [0.5, 0.6) is 11.5 Å². The van der Waals surface area contributed by atoms with E-state index in [9.17, 15) is 4.79 Å². The number of rotatable bonds is 3. The van der Waals surface area contributed by atoms with Crippen molar-refractivity contribution in [3.05, 3.63) is 23.3 Å². The van der Waals surface area contributed by atoms with E-state index < -0.39 is 5.60 Å². The van der Waals surface area contributed by atoms with Gasteiger partial charge in [0.25, 0.3) is 0 Å². The van der Waals surface area contributed by atoms with Crippen LogP contribution in [0.3, 0.4) is 0 Å². The summed E-state index contributed by atoms with van der Waals surface area (Å²) in [6.07, 6.45) is 3.12. The Hall–Kier alpha value is -1.79. The summed E-state index contributed by atoms with van der Waals surface area (Å²) in [7, 11) is 3.96. The Kier molecular flexibility index (Phi) is 3.31. The number of hydrogen-bond donors (Lipinski definition) is 0. The molecule has 1 aromatic carbocycles. The summed E-state index contributed by atoms with van der Waals surface area (Å²) in [6.45, 7) is 3.56. The third-order valence-corrected chi connectivity index (χ3v) is 8.32. The van der Waals surface area contributed by atoms with E-state index in [0.717, 1.165) is 37.3 Å². The van der Waals surface area contributed by atoms with Gasteiger partial charge in [-0.05, 0) is 50.4 Å². The fourth-order valence-corrected chi connectivity index (χ4v) is 7.04. The van der Waals surface area contributed by atoms with Crippen molar-refractivity contribution in [2.24, 2.45) is 11.8 Å². The molecule has 3 heterocycles. The second-order valence-corrected chi connectivity index (χ2v) is 9.29. The lowest BCUT2D eigenvalue weighted by Gasteiger charge is -2.66. The van der Waals surface area contributed by atoms with Gasteiger partial charge < -0.3 is 23.8 Å². The Morgan fingerprint density at radius 2 is 2.21 bits per heavy atom. The number of likely N-dealkylation sites (N-methyl/N-ethyl adjacent to an activating group) is 1. The van der Waals surface area contributed by atoms with Crippen LogP contribution in [0.2, 0.25) is 0 Å². The van der Waals surface area contributed by atoms with Crippen LogP contribution in [-0.2, 0) is 26.1 Å². The summed E-state index contributed by atoms with van der Waals surface area (Å²) >= 11 is 0. The minimum atomic E-state index is -0.409. The number of carbonyl (C=O) groups is 1. The van der Waals surface area contributed by atoms with Crippen LogP contribution in [0.1, 0.15) is 30.9 Å². The van der Waals surface area contributed by atoms with E-state index in [0.29, 0.717) is 25.2 Å². The third-order valence-electron chi connectivity index (χ3n) is 8.32. The summed E-state index contributed by atoms with van der Waals surface area (Å²) in [5.74, 6) is 2.22. The monoisotopic (exact) mass is 385 g/mol. The van der Waals surface area contributed by atoms with Crippen molar-refractivity contribution in [1.82, 2.24) is 4.90 Å². The highest BCUT2D eigenvalue weighted by Gasteiger charge is 2.73. The summed E-state index contributed by atoms with van der Waals surface area (Å²) < 4.78 is 24.1. The van der Waals surface area contributed by atoms with E-state index in [4.69, 9.17) is 18.9 Å². The van der Waals surface area contributed by atoms with Gasteiger partial charge >= 0.3 is 5.97 Å². The van der Waals surface area contributed by atoms with Crippen LogP contribution < -0.4 is 9.47 Å². The van der Waals surface area contributed by atoms with Crippen LogP contribution >= 0.6 is 0 Å². The number of esters is 1. The molecule has 5 aliphatic rings. The van der Waals surface area contributed by atoms with Gasteiger partial charge in [-0.25, -0.2) is 0 Å². The third kappa shape index (κ3) is 1.84. The summed E-state index contributed by atoms with van der Waals surface area (Å²) in [5, 5.41) is 0. The zero-order valence-electron chi connectivity index (χ0n) is 16.7. The van der Waals surface area contributed by atoms with Crippen molar-refractivity contribution in [1.29, 1.82) is 0 Å². The highest BCUT2D eigenvalue weighted by Crippen LogP contribution is 2.68. The minimum absolute atomic E-state index is 0.0306. The van der Waals surface area contributed by atoms with Gasteiger partial charge in [-0.3, -0.25) is 4.79 Å². The molecule has 2 saturated heterocycles. The van der Waals surface area contributed by atoms with Crippen LogP contribution in [0.4, 0.5) is 0 Å². The maximum Gasteiger partial charge on any atom is 0.302 e. The molecule has 1 spiro atoms. The first kappa shape index (κ1) is 17.1. The smallest absolute Gasteiger partial charge is 0.302 e. The first-order chi connectivity index (χ1) is 13.5. The Bertz CT molecular complexity index is 871. The number of benzene rings is 1. The van der Waals surface area contributed by atoms with Gasteiger partial charge in [0.15, 0.2) is 11.5 Å². The predicted octanol–water partition coefficient (Wildman–Crippen LogP) is 1.92. The van der Waals surface area contributed by atoms with Gasteiger partial charge in [-0.1, -0.05) is 6.07 Å². The number of likely N-dealkylation sites (tertiary alicyclic amines) is 1. The number of methoxy groups -OCH3 is 1. The first-order valence-electron chi connectivity index (χ1n) is 10.3. The average molecular weight is 385 g/mol. The molecule has 3 aliphatic heterocycles. The number of piperidine rings is 1. The molecule has 2 bridgehead atoms. The molecule has 6 atom stereocenters. The molecule has 2 aliphatic carbocycles. The molecule has 6 rings (SSSR count). The SMILES string of the molecule is COc1ccc2c3c1O[C@H]1[C@H]4CO[C@@]4(COC(C)=O)C[C@H]4[C@@H](C2)N(C)CC[C@@]341. The molecule has 150 valence electrons. The number of ether oxygens (including phenoxy) is 4. The minimum Gasteiger partial charge on any atom is -0.493 e. The van der Waals surface area contributed by atoms with Crippen LogP contribution in [-0.4, -0.2) is 62.5 Å². The largest absolute Gasteiger partial charge is 0.493 e. The van der Waals surface area contributed by atoms with Gasteiger partial charge in [0, 0.05) is 23.9 Å². The van der Waals surface area contributed by atoms with E-state index in [1.165, 1.54) is 18.1 Å². The molecule has 0 amide bonds. The Morgan fingerprint density at radius 1 is 1.36 bits per heavy atom. The molecule has 28 heavy (non-hydrogen) atoms. The topological polar surface area (TPSA) is 57.2 Å². The van der Waals surface area contributed by atoms with Crippen molar-refractivity contribution in [2.75, 3.05) is 33.9 Å². The Morgan fingerprint density at radius 3 is 2.93 bits per heavy atom. The second-order valence-electron chi connectivity index (χ2n) is 9.29. The standard InChI is InChI=1S/C22H27NO5/c1-12(24)26-11-21-9-14-16-8-13-4-5-17(25-3)19-18(13)22(14,6-7-23(16)2)20(28-19)15(21)10-27-21/h4-5,14-16,20H,6-11H2,1-3H3/t14-,15+,16+,20-,21+,22-/m0/s1. The fourth-order valence-electron chi connectivity index (χ4n) is 7.04. The maximum absolute atomic E-state index is 11.5. The van der Waals surface area contributed by atoms with Gasteiger partial charge in [-0.2, -0.15) is 0 Å². The average Bonchev–Trinajstić information content (AvgIpc) is 2.98. The molecule has 1 saturated carbocycles. The Labute approximate surface area is 165 Å². The fraction of sp³-hybridized carbons (Fsp3) is 0.682. The zero-order chi connectivity index (χ0) is 19.3. The molecule has 6 nitrogen and oxygen atoms in total. The van der Waals surface area contributed by atoms with Gasteiger partial charge in [0.1, 0.15) is 18.3 Å². The van der Waals surface area contributed by atoms with Crippen LogP contribution in [0, 0.1) is 11.8 Å². The molecule has 3 fully saturated rings. The van der Waals surface area contributed by atoms with Crippen molar-refractivity contribution in [2.45, 2.75) is 49.3 Å². The molecule has 6 heteroatoms. The molecule has 0 unspecified atom stereocenters. The lowest BCUT2D eigenvalue weighted by Crippen LogP contribution is -2.76. The van der Waals surface area contributed by atoms with Crippen LogP contribution in [0.15, 0.2) is 12.1 Å². The van der Waals surface area contributed by atoms with Crippen molar-refractivity contribution >= 4 is 5.97 Å². The quantitative estimate of drug-likeness (QED) is 0.741. The number of hydrogen-bond acceptors (Lipinski definition) is 6. The van der Waals surface area contributed by atoms with Gasteiger partial charge in [-0.15, -0.1) is 0 Å². The van der Waals surface area contributed by atoms with Crippen molar-refractivity contribution in [3.63, 3.8) is 0 Å². The van der Waals surface area contributed by atoms with Gasteiger partial charge in [0.2, 0.25) is 0 Å². The highest BCUT2D eigenvalue weighted by atomic mass is 16.6. The van der Waals surface area contributed by atoms with E-state index in [-0.39, 0.29) is 23.4 Å². The van der Waals surface area contributed by atoms with E-state index in [1.54, 1.807) is 7.11 Å². The summed E-state index contributed by atoms with van der Waals surface area (Å²) in [6, 6.07) is 4.76. The van der Waals surface area contributed by atoms with Crippen LogP contribution in [0.25, 0.3) is 0 Å². The zero-order valence-corrected chi connectivity index (χ0v) is 16.7. The second kappa shape index (κ2) is 5.42. The van der Waals surface area contributed by atoms with Crippen molar-refractivity contribution < 1.29 is 23.7 Å². The molecule has 0 radical (unpaired) electrons. The van der Waals surface area contributed by atoms with E-state index in [2.05, 4.69) is 24.1 Å². The van der Waals surface area contributed by atoms with E-state index in [1.807, 2.05) is 0 Å². The number of carbonyl (C=O) groups excluding carboxylic acids is 1. The molecule has 0 aromatic heterocycles. The van der Waals surface area contributed by atoms with Crippen molar-refractivity contribution in [3.8, 4) is 11.5 Å². The number of fused-ring (bicyclic) bond motifs is 2. The molecule has 0 N–H and O–H groups in total. The lowest BCUT2D eigenvalue weighted by molar-refractivity contribution is -0.295. The van der Waals surface area contributed by atoms with Gasteiger partial charge in [0.05, 0.1) is 19.6 Å². The number of nitrogens with zero attached hydrogens (tertiary/aromatic N) is 1. The highest BCUT2D eigenvalue weighted by molar-refractivity contribution is 5.66. The summed E-state index contributed by atoms with van der Waals surface area (Å²) in [4.78, 5) is 14.0. The lowest BCUT2D eigenvalue weighted by atomic mass is 9.46. The maximum atomic E-state index is 11.5. The normalized spacial score (nSPS) is 42.0.